The highest BCUT2D eigenvalue weighted by atomic mass is 16.2. The monoisotopic (exact) mass is 190 g/mol. The fraction of sp³-hybridized carbons (Fsp3) is 0. The first-order valence-corrected chi connectivity index (χ1v) is 3.81. The van der Waals surface area contributed by atoms with Crippen molar-refractivity contribution in [3.05, 3.63) is 24.6 Å². The maximum atomic E-state index is 10.6. The van der Waals surface area contributed by atoms with Gasteiger partial charge in [-0.15, -0.1) is 0 Å². The van der Waals surface area contributed by atoms with Gasteiger partial charge in [-0.1, -0.05) is 0 Å². The van der Waals surface area contributed by atoms with Gasteiger partial charge in [-0.05, 0) is 0 Å². The normalized spacial score (nSPS) is 11.9. The van der Waals surface area contributed by atoms with E-state index in [1.54, 1.807) is 0 Å². The van der Waals surface area contributed by atoms with Crippen molar-refractivity contribution in [1.82, 2.24) is 19.9 Å². The molecule has 2 N–H and O–H groups in total. The molecule has 0 aliphatic carbocycles. The summed E-state index contributed by atoms with van der Waals surface area (Å²) in [7, 11) is 0. The largest absolute Gasteiger partial charge is 0.515 e. The first-order valence-electron chi connectivity index (χ1n) is 3.81. The SMILES string of the molecule is O=C/C(=C\O)c1ncnc2nc[nH]c12. The number of nitrogens with zero attached hydrogens (tertiary/aromatic N) is 3. The van der Waals surface area contributed by atoms with Gasteiger partial charge in [0.15, 0.2) is 11.9 Å². The molecule has 70 valence electrons. The minimum atomic E-state index is 0.0849. The molecule has 0 aromatic carbocycles. The second-order valence-electron chi connectivity index (χ2n) is 2.53. The lowest BCUT2D eigenvalue weighted by molar-refractivity contribution is -0.103. The van der Waals surface area contributed by atoms with Crippen molar-refractivity contribution in [3.63, 3.8) is 0 Å². The summed E-state index contributed by atoms with van der Waals surface area (Å²) in [6.07, 6.45) is 3.95. The zero-order chi connectivity index (χ0) is 9.97. The third kappa shape index (κ3) is 1.13. The molecule has 14 heavy (non-hydrogen) atoms. The summed E-state index contributed by atoms with van der Waals surface area (Å²) in [4.78, 5) is 25.0. The maximum absolute atomic E-state index is 10.6. The van der Waals surface area contributed by atoms with E-state index in [1.807, 2.05) is 0 Å². The molecule has 2 heterocycles. The molecule has 0 atom stereocenters. The first kappa shape index (κ1) is 8.36. The standard InChI is InChI=1S/C8H6N4O2/c13-1-5(2-14)6-7-8(11-3-9-6)12-4-10-7/h1-4,13H,(H,9,10,11,12)/b5-1+. The van der Waals surface area contributed by atoms with Crippen LogP contribution in [0.25, 0.3) is 16.7 Å². The lowest BCUT2D eigenvalue weighted by Gasteiger charge is -1.97. The molecule has 2 aromatic rings. The fourth-order valence-electron chi connectivity index (χ4n) is 1.13. The molecular formula is C8H6N4O2. The van der Waals surface area contributed by atoms with Gasteiger partial charge in [0.05, 0.1) is 18.2 Å². The molecule has 0 aliphatic rings. The average Bonchev–Trinajstić information content (AvgIpc) is 2.68. The molecule has 0 bridgehead atoms. The molecular weight excluding hydrogens is 184 g/mol. The number of aromatic amines is 1. The summed E-state index contributed by atoms with van der Waals surface area (Å²) in [5.41, 5.74) is 1.41. The smallest absolute Gasteiger partial charge is 0.181 e. The van der Waals surface area contributed by atoms with Gasteiger partial charge < -0.3 is 10.1 Å². The van der Waals surface area contributed by atoms with Crippen LogP contribution in [0.2, 0.25) is 0 Å². The molecule has 0 fully saturated rings. The van der Waals surface area contributed by atoms with Crippen molar-refractivity contribution in [2.45, 2.75) is 0 Å². The summed E-state index contributed by atoms with van der Waals surface area (Å²) in [5, 5.41) is 8.79. The minimum absolute atomic E-state index is 0.0849. The van der Waals surface area contributed by atoms with Crippen LogP contribution < -0.4 is 0 Å². The fourth-order valence-corrected chi connectivity index (χ4v) is 1.13. The van der Waals surface area contributed by atoms with E-state index in [-0.39, 0.29) is 5.57 Å². The molecule has 0 aliphatic heterocycles. The van der Waals surface area contributed by atoms with E-state index in [9.17, 15) is 4.79 Å². The van der Waals surface area contributed by atoms with Crippen LogP contribution in [0, 0.1) is 0 Å². The van der Waals surface area contributed by atoms with Gasteiger partial charge in [-0.25, -0.2) is 15.0 Å². The van der Waals surface area contributed by atoms with Gasteiger partial charge in [0.1, 0.15) is 17.5 Å². The van der Waals surface area contributed by atoms with Crippen molar-refractivity contribution in [2.24, 2.45) is 0 Å². The Morgan fingerprint density at radius 3 is 3.00 bits per heavy atom. The Morgan fingerprint density at radius 1 is 1.43 bits per heavy atom. The number of aliphatic hydroxyl groups is 1. The molecule has 0 saturated heterocycles. The van der Waals surface area contributed by atoms with Gasteiger partial charge in [-0.2, -0.15) is 0 Å². The van der Waals surface area contributed by atoms with Crippen LogP contribution in [0.4, 0.5) is 0 Å². The summed E-state index contributed by atoms with van der Waals surface area (Å²) >= 11 is 0. The zero-order valence-electron chi connectivity index (χ0n) is 7.01. The van der Waals surface area contributed by atoms with Gasteiger partial charge >= 0.3 is 0 Å². The number of nitrogens with one attached hydrogen (secondary N) is 1. The van der Waals surface area contributed by atoms with Crippen molar-refractivity contribution >= 4 is 23.0 Å². The Balaban J connectivity index is 2.73. The van der Waals surface area contributed by atoms with Gasteiger partial charge in [-0.3, -0.25) is 4.79 Å². The van der Waals surface area contributed by atoms with E-state index in [2.05, 4.69) is 19.9 Å². The second-order valence-corrected chi connectivity index (χ2v) is 2.53. The topological polar surface area (TPSA) is 91.8 Å². The number of hydrogen-bond acceptors (Lipinski definition) is 5. The minimum Gasteiger partial charge on any atom is -0.515 e. The van der Waals surface area contributed by atoms with Crippen molar-refractivity contribution < 1.29 is 9.90 Å². The molecule has 0 spiro atoms. The lowest BCUT2D eigenvalue weighted by atomic mass is 10.2. The van der Waals surface area contributed by atoms with Gasteiger partial charge in [0.2, 0.25) is 0 Å². The molecule has 0 saturated carbocycles. The summed E-state index contributed by atoms with van der Waals surface area (Å²) in [5.74, 6) is 0. The number of carbonyl (C=O) groups is 1. The third-order valence-corrected chi connectivity index (χ3v) is 1.76. The van der Waals surface area contributed by atoms with Crippen molar-refractivity contribution in [2.75, 3.05) is 0 Å². The number of imidazole rings is 1. The number of rotatable bonds is 2. The van der Waals surface area contributed by atoms with E-state index in [0.29, 0.717) is 29.4 Å². The van der Waals surface area contributed by atoms with E-state index in [0.717, 1.165) is 0 Å². The van der Waals surface area contributed by atoms with Crippen LogP contribution in [0.15, 0.2) is 18.9 Å². The number of allylic oxidation sites excluding steroid dienone is 1. The summed E-state index contributed by atoms with van der Waals surface area (Å²) in [6, 6.07) is 0. The van der Waals surface area contributed by atoms with Gasteiger partial charge in [0, 0.05) is 0 Å². The van der Waals surface area contributed by atoms with Crippen molar-refractivity contribution in [3.8, 4) is 0 Å². The molecule has 0 amide bonds. The average molecular weight is 190 g/mol. The number of H-pyrrole nitrogens is 1. The molecule has 6 heteroatoms. The third-order valence-electron chi connectivity index (χ3n) is 1.76. The van der Waals surface area contributed by atoms with E-state index in [4.69, 9.17) is 5.11 Å². The second kappa shape index (κ2) is 3.25. The molecule has 2 aromatic heterocycles. The Morgan fingerprint density at radius 2 is 2.29 bits per heavy atom. The van der Waals surface area contributed by atoms with Gasteiger partial charge in [0.25, 0.3) is 0 Å². The van der Waals surface area contributed by atoms with E-state index >= 15 is 0 Å². The number of carbonyl (C=O) groups excluding carboxylic acids is 1. The Bertz CT molecular complexity index is 503. The van der Waals surface area contributed by atoms with Crippen LogP contribution in [0.3, 0.4) is 0 Å². The number of aldehydes is 1. The lowest BCUT2D eigenvalue weighted by Crippen LogP contribution is -1.94. The highest BCUT2D eigenvalue weighted by Crippen LogP contribution is 2.16. The Kier molecular flexibility index (Phi) is 1.94. The molecule has 0 unspecified atom stereocenters. The van der Waals surface area contributed by atoms with E-state index in [1.165, 1.54) is 12.7 Å². The highest BCUT2D eigenvalue weighted by molar-refractivity contribution is 6.09. The van der Waals surface area contributed by atoms with Crippen LogP contribution >= 0.6 is 0 Å². The maximum Gasteiger partial charge on any atom is 0.181 e. The molecule has 2 rings (SSSR count). The number of fused-ring (bicyclic) bond motifs is 1. The van der Waals surface area contributed by atoms with Crippen LogP contribution in [0.5, 0.6) is 0 Å². The Labute approximate surface area is 78.3 Å². The predicted octanol–water partition coefficient (Wildman–Crippen LogP) is 0.451. The van der Waals surface area contributed by atoms with Crippen LogP contribution in [-0.2, 0) is 4.79 Å². The van der Waals surface area contributed by atoms with Crippen molar-refractivity contribution in [1.29, 1.82) is 0 Å². The molecule has 6 nitrogen and oxygen atoms in total. The Hall–Kier alpha value is -2.24. The summed E-state index contributed by atoms with van der Waals surface area (Å²) in [6.45, 7) is 0. The highest BCUT2D eigenvalue weighted by Gasteiger charge is 2.09. The van der Waals surface area contributed by atoms with E-state index < -0.39 is 0 Å². The predicted molar refractivity (Wildman–Crippen MR) is 48.4 cm³/mol. The van der Waals surface area contributed by atoms with Crippen LogP contribution in [0.1, 0.15) is 5.69 Å². The summed E-state index contributed by atoms with van der Waals surface area (Å²) < 4.78 is 0. The first-order chi connectivity index (χ1) is 6.86. The zero-order valence-corrected chi connectivity index (χ0v) is 7.01. The number of aliphatic hydroxyl groups excluding tert-OH is 1. The molecule has 0 radical (unpaired) electrons. The van der Waals surface area contributed by atoms with Crippen LogP contribution in [-0.4, -0.2) is 31.3 Å². The number of hydrogen-bond donors (Lipinski definition) is 2. The number of aromatic nitrogens is 4. The quantitative estimate of drug-likeness (QED) is 0.407.